The van der Waals surface area contributed by atoms with E-state index >= 15 is 0 Å². The summed E-state index contributed by atoms with van der Waals surface area (Å²) in [7, 11) is 1.72. The summed E-state index contributed by atoms with van der Waals surface area (Å²) in [5, 5.41) is 2.88. The van der Waals surface area contributed by atoms with Gasteiger partial charge in [0, 0.05) is 32.4 Å². The van der Waals surface area contributed by atoms with Gasteiger partial charge < -0.3 is 19.4 Å². The topological polar surface area (TPSA) is 68.6 Å². The molecule has 28 heavy (non-hydrogen) atoms. The lowest BCUT2D eigenvalue weighted by Crippen LogP contribution is -2.35. The van der Waals surface area contributed by atoms with Gasteiger partial charge in [-0.05, 0) is 30.3 Å². The van der Waals surface area contributed by atoms with E-state index in [0.717, 1.165) is 55.3 Å². The van der Waals surface area contributed by atoms with Crippen LogP contribution in [0.25, 0.3) is 11.0 Å². The zero-order valence-electron chi connectivity index (χ0n) is 15.9. The van der Waals surface area contributed by atoms with Crippen LogP contribution in [0.3, 0.4) is 0 Å². The quantitative estimate of drug-likeness (QED) is 0.682. The second-order valence-electron chi connectivity index (χ2n) is 6.80. The van der Waals surface area contributed by atoms with Gasteiger partial charge in [0.2, 0.25) is 0 Å². The maximum absolute atomic E-state index is 12.2. The maximum atomic E-state index is 12.2. The number of fused-ring (bicyclic) bond motifs is 3. The van der Waals surface area contributed by atoms with Gasteiger partial charge in [0.15, 0.2) is 6.61 Å². The molecule has 7 nitrogen and oxygen atoms in total. The molecular weight excluding hydrogens is 356 g/mol. The Hall–Kier alpha value is -2.90. The van der Waals surface area contributed by atoms with E-state index in [1.165, 1.54) is 0 Å². The van der Waals surface area contributed by atoms with Crippen molar-refractivity contribution in [3.63, 3.8) is 0 Å². The number of para-hydroxylation sites is 1. The number of aromatic nitrogens is 2. The van der Waals surface area contributed by atoms with Gasteiger partial charge >= 0.3 is 0 Å². The van der Waals surface area contributed by atoms with Crippen LogP contribution in [0.15, 0.2) is 48.5 Å². The molecule has 0 saturated heterocycles. The highest BCUT2D eigenvalue weighted by Gasteiger charge is 2.20. The van der Waals surface area contributed by atoms with Gasteiger partial charge in [0.05, 0.1) is 24.2 Å². The maximum Gasteiger partial charge on any atom is 0.262 e. The minimum Gasteiger partial charge on any atom is -0.484 e. The minimum atomic E-state index is -0.196. The monoisotopic (exact) mass is 380 g/mol. The average Bonchev–Trinajstić information content (AvgIpc) is 3.08. The third-order valence-electron chi connectivity index (χ3n) is 4.84. The molecule has 0 unspecified atom stereocenters. The van der Waals surface area contributed by atoms with Crippen molar-refractivity contribution in [2.75, 3.05) is 38.7 Å². The van der Waals surface area contributed by atoms with Crippen LogP contribution in [-0.4, -0.2) is 53.8 Å². The van der Waals surface area contributed by atoms with E-state index in [4.69, 9.17) is 14.5 Å². The van der Waals surface area contributed by atoms with Crippen LogP contribution in [0.1, 0.15) is 5.82 Å². The molecule has 1 N–H and O–H groups in total. The molecule has 146 valence electrons. The Labute approximate surface area is 163 Å². The Morgan fingerprint density at radius 1 is 1.18 bits per heavy atom. The molecule has 1 amide bonds. The van der Waals surface area contributed by atoms with Crippen molar-refractivity contribution in [1.29, 1.82) is 0 Å². The van der Waals surface area contributed by atoms with Gasteiger partial charge in [-0.2, -0.15) is 0 Å². The van der Waals surface area contributed by atoms with Crippen molar-refractivity contribution in [1.82, 2.24) is 14.5 Å². The fourth-order valence-corrected chi connectivity index (χ4v) is 3.42. The van der Waals surface area contributed by atoms with E-state index in [0.29, 0.717) is 5.75 Å². The van der Waals surface area contributed by atoms with E-state index in [9.17, 15) is 4.79 Å². The first-order valence-corrected chi connectivity index (χ1v) is 9.41. The molecule has 0 radical (unpaired) electrons. The number of carbonyl (C=O) groups is 1. The number of benzene rings is 2. The molecule has 2 aromatic carbocycles. The number of hydrogen-bond donors (Lipinski definition) is 1. The van der Waals surface area contributed by atoms with Crippen LogP contribution >= 0.6 is 0 Å². The minimum absolute atomic E-state index is 0.0315. The summed E-state index contributed by atoms with van der Waals surface area (Å²) < 4.78 is 12.9. The summed E-state index contributed by atoms with van der Waals surface area (Å²) >= 11 is 0. The molecule has 3 aromatic rings. The van der Waals surface area contributed by atoms with Crippen molar-refractivity contribution in [2.24, 2.45) is 0 Å². The molecule has 0 fully saturated rings. The fraction of sp³-hybridized carbons (Fsp3) is 0.333. The number of methoxy groups -OCH3 is 1. The highest BCUT2D eigenvalue weighted by atomic mass is 16.5. The molecule has 0 aliphatic carbocycles. The lowest BCUT2D eigenvalue weighted by atomic mass is 10.2. The SMILES string of the molecule is COCCN1CCn2c(nc3cc(NC(=O)COc4ccccc4)ccc32)C1. The first-order chi connectivity index (χ1) is 13.7. The Bertz CT molecular complexity index is 955. The number of imidazole rings is 1. The summed E-state index contributed by atoms with van der Waals surface area (Å²) in [6.07, 6.45) is 0. The van der Waals surface area contributed by atoms with E-state index in [2.05, 4.69) is 14.8 Å². The molecule has 1 aliphatic rings. The molecule has 2 heterocycles. The number of anilines is 1. The average molecular weight is 380 g/mol. The lowest BCUT2D eigenvalue weighted by Gasteiger charge is -2.27. The Kier molecular flexibility index (Phi) is 5.55. The number of nitrogens with zero attached hydrogens (tertiary/aromatic N) is 3. The molecule has 0 spiro atoms. The van der Waals surface area contributed by atoms with Crippen molar-refractivity contribution in [3.05, 3.63) is 54.4 Å². The van der Waals surface area contributed by atoms with Crippen LogP contribution in [0.4, 0.5) is 5.69 Å². The van der Waals surface area contributed by atoms with Crippen molar-refractivity contribution >= 4 is 22.6 Å². The standard InChI is InChI=1S/C21H24N4O3/c1-27-12-11-24-9-10-25-19-8-7-16(13-18(19)23-20(25)14-24)22-21(26)15-28-17-5-3-2-4-6-17/h2-8,13H,9-12,14-15H2,1H3,(H,22,26). The third kappa shape index (κ3) is 4.16. The summed E-state index contributed by atoms with van der Waals surface area (Å²) in [5.41, 5.74) is 2.71. The van der Waals surface area contributed by atoms with Crippen LogP contribution in [0.5, 0.6) is 5.75 Å². The number of hydrogen-bond acceptors (Lipinski definition) is 5. The Morgan fingerprint density at radius 3 is 2.86 bits per heavy atom. The van der Waals surface area contributed by atoms with Gasteiger partial charge in [-0.1, -0.05) is 18.2 Å². The zero-order chi connectivity index (χ0) is 19.3. The summed E-state index contributed by atoms with van der Waals surface area (Å²) in [6, 6.07) is 15.1. The van der Waals surface area contributed by atoms with Crippen molar-refractivity contribution < 1.29 is 14.3 Å². The smallest absolute Gasteiger partial charge is 0.262 e. The number of carbonyl (C=O) groups excluding carboxylic acids is 1. The molecule has 0 atom stereocenters. The molecular formula is C21H24N4O3. The second-order valence-corrected chi connectivity index (χ2v) is 6.80. The highest BCUT2D eigenvalue weighted by Crippen LogP contribution is 2.23. The Balaban J connectivity index is 1.41. The fourth-order valence-electron chi connectivity index (χ4n) is 3.42. The van der Waals surface area contributed by atoms with E-state index in [1.807, 2.05) is 48.5 Å². The van der Waals surface area contributed by atoms with Gasteiger partial charge in [0.25, 0.3) is 5.91 Å². The van der Waals surface area contributed by atoms with Crippen LogP contribution in [0, 0.1) is 0 Å². The number of nitrogens with one attached hydrogen (secondary N) is 1. The van der Waals surface area contributed by atoms with Crippen molar-refractivity contribution in [3.8, 4) is 5.75 Å². The molecule has 4 rings (SSSR count). The number of ether oxygens (including phenoxy) is 2. The van der Waals surface area contributed by atoms with Crippen LogP contribution in [-0.2, 0) is 22.6 Å². The first kappa shape index (κ1) is 18.5. The largest absolute Gasteiger partial charge is 0.484 e. The first-order valence-electron chi connectivity index (χ1n) is 9.41. The molecule has 0 saturated carbocycles. The van der Waals surface area contributed by atoms with Gasteiger partial charge in [-0.25, -0.2) is 4.98 Å². The molecule has 0 bridgehead atoms. The molecule has 1 aromatic heterocycles. The lowest BCUT2D eigenvalue weighted by molar-refractivity contribution is -0.118. The normalized spacial score (nSPS) is 14.0. The van der Waals surface area contributed by atoms with E-state index in [1.54, 1.807) is 7.11 Å². The van der Waals surface area contributed by atoms with Gasteiger partial charge in [-0.3, -0.25) is 9.69 Å². The number of amides is 1. The van der Waals surface area contributed by atoms with Crippen molar-refractivity contribution in [2.45, 2.75) is 13.1 Å². The third-order valence-corrected chi connectivity index (χ3v) is 4.84. The second kappa shape index (κ2) is 8.41. The van der Waals surface area contributed by atoms with Gasteiger partial charge in [0.1, 0.15) is 11.6 Å². The van der Waals surface area contributed by atoms with Gasteiger partial charge in [-0.15, -0.1) is 0 Å². The number of rotatable bonds is 7. The molecule has 1 aliphatic heterocycles. The summed E-state index contributed by atoms with van der Waals surface area (Å²) in [4.78, 5) is 19.3. The van der Waals surface area contributed by atoms with E-state index < -0.39 is 0 Å². The zero-order valence-corrected chi connectivity index (χ0v) is 15.9. The molecule has 7 heteroatoms. The van der Waals surface area contributed by atoms with Crippen LogP contribution in [0.2, 0.25) is 0 Å². The van der Waals surface area contributed by atoms with E-state index in [-0.39, 0.29) is 12.5 Å². The summed E-state index contributed by atoms with van der Waals surface area (Å²) in [5.74, 6) is 1.53. The predicted octanol–water partition coefficient (Wildman–Crippen LogP) is 2.52. The Morgan fingerprint density at radius 2 is 2.04 bits per heavy atom. The highest BCUT2D eigenvalue weighted by molar-refractivity contribution is 5.94. The summed E-state index contributed by atoms with van der Waals surface area (Å²) in [6.45, 7) is 4.30. The predicted molar refractivity (Wildman–Crippen MR) is 107 cm³/mol. The van der Waals surface area contributed by atoms with Crippen LogP contribution < -0.4 is 10.1 Å².